The number of hydrogen-bond donors (Lipinski definition) is 1. The fraction of sp³-hybridized carbons (Fsp3) is 0. The number of rotatable bonds is 3. The van der Waals surface area contributed by atoms with E-state index in [1.54, 1.807) is 36.5 Å². The Balaban J connectivity index is 2.09. The summed E-state index contributed by atoms with van der Waals surface area (Å²) < 4.78 is 27.4. The summed E-state index contributed by atoms with van der Waals surface area (Å²) in [6.07, 6.45) is 3.05. The molecule has 2 heterocycles. The molecule has 0 fully saturated rings. The predicted molar refractivity (Wildman–Crippen MR) is 81.8 cm³/mol. The number of benzene rings is 1. The monoisotopic (exact) mass is 319 g/mol. The molecular formula is C14H10ClN3O2S. The third-order valence-corrected chi connectivity index (χ3v) is 4.50. The van der Waals surface area contributed by atoms with Gasteiger partial charge in [0.1, 0.15) is 5.82 Å². The predicted octanol–water partition coefficient (Wildman–Crippen LogP) is 3.08. The van der Waals surface area contributed by atoms with Crippen molar-refractivity contribution in [3.8, 4) is 0 Å². The molecule has 0 unspecified atom stereocenters. The number of nitrogens with one attached hydrogen (secondary N) is 1. The van der Waals surface area contributed by atoms with Gasteiger partial charge in [0, 0.05) is 28.9 Å². The van der Waals surface area contributed by atoms with E-state index in [1.807, 2.05) is 0 Å². The van der Waals surface area contributed by atoms with E-state index >= 15 is 0 Å². The molecule has 0 saturated heterocycles. The second kappa shape index (κ2) is 5.31. The average Bonchev–Trinajstić information content (AvgIpc) is 2.46. The Morgan fingerprint density at radius 2 is 1.86 bits per heavy atom. The van der Waals surface area contributed by atoms with Crippen LogP contribution in [0.15, 0.2) is 59.8 Å². The number of hydrogen-bond acceptors (Lipinski definition) is 4. The van der Waals surface area contributed by atoms with Gasteiger partial charge in [-0.3, -0.25) is 9.71 Å². The molecule has 0 saturated carbocycles. The second-order valence-corrected chi connectivity index (χ2v) is 6.38. The van der Waals surface area contributed by atoms with Gasteiger partial charge >= 0.3 is 0 Å². The molecule has 106 valence electrons. The minimum atomic E-state index is -3.77. The lowest BCUT2D eigenvalue weighted by Crippen LogP contribution is -2.14. The zero-order valence-electron chi connectivity index (χ0n) is 10.7. The van der Waals surface area contributed by atoms with E-state index < -0.39 is 10.0 Å². The first-order valence-electron chi connectivity index (χ1n) is 6.04. The first-order valence-corrected chi connectivity index (χ1v) is 7.90. The third kappa shape index (κ3) is 2.81. The Morgan fingerprint density at radius 1 is 1.00 bits per heavy atom. The van der Waals surface area contributed by atoms with Crippen LogP contribution in [0.25, 0.3) is 10.9 Å². The lowest BCUT2D eigenvalue weighted by Gasteiger charge is -2.09. The third-order valence-electron chi connectivity index (χ3n) is 2.86. The van der Waals surface area contributed by atoms with Crippen molar-refractivity contribution in [2.24, 2.45) is 0 Å². The molecule has 0 amide bonds. The fourth-order valence-electron chi connectivity index (χ4n) is 1.96. The van der Waals surface area contributed by atoms with E-state index in [0.717, 1.165) is 0 Å². The maximum atomic E-state index is 12.5. The molecule has 0 aliphatic rings. The van der Waals surface area contributed by atoms with Crippen LogP contribution in [0.4, 0.5) is 5.82 Å². The number of anilines is 1. The summed E-state index contributed by atoms with van der Waals surface area (Å²) in [7, 11) is -3.77. The van der Waals surface area contributed by atoms with Crippen LogP contribution in [0.3, 0.4) is 0 Å². The molecule has 2 aromatic heterocycles. The molecular weight excluding hydrogens is 310 g/mol. The Bertz CT molecular complexity index is 907. The zero-order chi connectivity index (χ0) is 14.9. The van der Waals surface area contributed by atoms with Gasteiger partial charge in [-0.2, -0.15) is 0 Å². The molecule has 0 aliphatic carbocycles. The van der Waals surface area contributed by atoms with Crippen molar-refractivity contribution < 1.29 is 8.42 Å². The van der Waals surface area contributed by atoms with Gasteiger partial charge in [-0.05, 0) is 30.3 Å². The Hall–Kier alpha value is -2.18. The second-order valence-electron chi connectivity index (χ2n) is 4.29. The first-order chi connectivity index (χ1) is 10.1. The number of nitrogens with zero attached hydrogens (tertiary/aromatic N) is 2. The van der Waals surface area contributed by atoms with Crippen LogP contribution in [-0.2, 0) is 10.0 Å². The minimum absolute atomic E-state index is 0.148. The minimum Gasteiger partial charge on any atom is -0.263 e. The van der Waals surface area contributed by atoms with Gasteiger partial charge in [0.05, 0.1) is 10.4 Å². The summed E-state index contributed by atoms with van der Waals surface area (Å²) in [4.78, 5) is 8.24. The van der Waals surface area contributed by atoms with Crippen LogP contribution < -0.4 is 4.72 Å². The van der Waals surface area contributed by atoms with Crippen molar-refractivity contribution in [2.75, 3.05) is 4.72 Å². The molecule has 0 bridgehead atoms. The molecule has 0 aliphatic heterocycles. The number of pyridine rings is 2. The maximum absolute atomic E-state index is 12.5. The van der Waals surface area contributed by atoms with Crippen LogP contribution in [0, 0.1) is 0 Å². The molecule has 0 spiro atoms. The van der Waals surface area contributed by atoms with Gasteiger partial charge in [-0.25, -0.2) is 13.4 Å². The van der Waals surface area contributed by atoms with Crippen molar-refractivity contribution in [1.29, 1.82) is 0 Å². The number of aromatic nitrogens is 2. The van der Waals surface area contributed by atoms with Crippen LogP contribution in [0.2, 0.25) is 5.02 Å². The lowest BCUT2D eigenvalue weighted by molar-refractivity contribution is 0.602. The van der Waals surface area contributed by atoms with Gasteiger partial charge in [0.15, 0.2) is 0 Å². The summed E-state index contributed by atoms with van der Waals surface area (Å²) in [5, 5.41) is 0.955. The summed E-state index contributed by atoms with van der Waals surface area (Å²) in [5.74, 6) is 0.170. The summed E-state index contributed by atoms with van der Waals surface area (Å²) in [6.45, 7) is 0. The zero-order valence-corrected chi connectivity index (χ0v) is 12.3. The van der Waals surface area contributed by atoms with Crippen LogP contribution in [0.5, 0.6) is 0 Å². The van der Waals surface area contributed by atoms with Crippen LogP contribution in [0.1, 0.15) is 0 Å². The van der Waals surface area contributed by atoms with E-state index in [0.29, 0.717) is 15.9 Å². The molecule has 0 radical (unpaired) electrons. The highest BCUT2D eigenvalue weighted by Crippen LogP contribution is 2.23. The number of sulfonamides is 1. The van der Waals surface area contributed by atoms with E-state index in [2.05, 4.69) is 14.7 Å². The maximum Gasteiger partial charge on any atom is 0.263 e. The van der Waals surface area contributed by atoms with Crippen molar-refractivity contribution in [3.05, 3.63) is 59.9 Å². The molecule has 7 heteroatoms. The molecule has 3 rings (SSSR count). The van der Waals surface area contributed by atoms with Gasteiger partial charge in [-0.1, -0.05) is 17.7 Å². The van der Waals surface area contributed by atoms with Gasteiger partial charge in [0.25, 0.3) is 10.0 Å². The fourth-order valence-corrected chi connectivity index (χ4v) is 3.34. The van der Waals surface area contributed by atoms with E-state index in [1.165, 1.54) is 18.3 Å². The molecule has 21 heavy (non-hydrogen) atoms. The number of fused-ring (bicyclic) bond motifs is 1. The van der Waals surface area contributed by atoms with Crippen molar-refractivity contribution in [2.45, 2.75) is 4.90 Å². The normalized spacial score (nSPS) is 11.5. The Labute approximate surface area is 126 Å². The van der Waals surface area contributed by atoms with Crippen LogP contribution in [-0.4, -0.2) is 18.4 Å². The summed E-state index contributed by atoms with van der Waals surface area (Å²) >= 11 is 5.83. The molecule has 1 N–H and O–H groups in total. The summed E-state index contributed by atoms with van der Waals surface area (Å²) in [6, 6.07) is 11.4. The van der Waals surface area contributed by atoms with Gasteiger partial charge in [-0.15, -0.1) is 0 Å². The van der Waals surface area contributed by atoms with Crippen molar-refractivity contribution >= 4 is 38.3 Å². The topological polar surface area (TPSA) is 72.0 Å². The Kier molecular flexibility index (Phi) is 3.48. The van der Waals surface area contributed by atoms with E-state index in [-0.39, 0.29) is 10.7 Å². The lowest BCUT2D eigenvalue weighted by atomic mass is 10.2. The van der Waals surface area contributed by atoms with Crippen molar-refractivity contribution in [1.82, 2.24) is 9.97 Å². The number of halogens is 1. The van der Waals surface area contributed by atoms with Gasteiger partial charge < -0.3 is 0 Å². The van der Waals surface area contributed by atoms with Crippen molar-refractivity contribution in [3.63, 3.8) is 0 Å². The highest BCUT2D eigenvalue weighted by Gasteiger charge is 2.18. The largest absolute Gasteiger partial charge is 0.263 e. The molecule has 1 aromatic carbocycles. The van der Waals surface area contributed by atoms with E-state index in [4.69, 9.17) is 11.6 Å². The Morgan fingerprint density at radius 3 is 2.67 bits per heavy atom. The molecule has 5 nitrogen and oxygen atoms in total. The average molecular weight is 320 g/mol. The quantitative estimate of drug-likeness (QED) is 0.805. The molecule has 0 atom stereocenters. The van der Waals surface area contributed by atoms with E-state index in [9.17, 15) is 8.42 Å². The first kappa shape index (κ1) is 13.8. The molecule has 3 aromatic rings. The summed E-state index contributed by atoms with van der Waals surface area (Å²) in [5.41, 5.74) is 0.611. The highest BCUT2D eigenvalue weighted by molar-refractivity contribution is 7.93. The standard InChI is InChI=1S/C14H10ClN3O2S/c15-10-6-8-17-14(9-10)18-21(19,20)13-5-1-4-12-11(13)3-2-7-16-12/h1-9H,(H,17,18). The van der Waals surface area contributed by atoms with Crippen LogP contribution >= 0.6 is 11.6 Å². The SMILES string of the molecule is O=S(=O)(Nc1cc(Cl)ccn1)c1cccc2ncccc12. The highest BCUT2D eigenvalue weighted by atomic mass is 35.5. The smallest absolute Gasteiger partial charge is 0.263 e. The van der Waals surface area contributed by atoms with Gasteiger partial charge in [0.2, 0.25) is 0 Å².